The highest BCUT2D eigenvalue weighted by atomic mass is 16.5. The molecule has 0 unspecified atom stereocenters. The average Bonchev–Trinajstić information content (AvgIpc) is 2.30. The third kappa shape index (κ3) is 3.00. The second-order valence-corrected chi connectivity index (χ2v) is 3.39. The Labute approximate surface area is 95.9 Å². The highest BCUT2D eigenvalue weighted by Crippen LogP contribution is 2.30. The van der Waals surface area contributed by atoms with Crippen LogP contribution in [-0.4, -0.2) is 6.61 Å². The van der Waals surface area contributed by atoms with Gasteiger partial charge in [0.25, 0.3) is 0 Å². The summed E-state index contributed by atoms with van der Waals surface area (Å²) in [4.78, 5) is 0. The van der Waals surface area contributed by atoms with Gasteiger partial charge < -0.3 is 4.74 Å². The van der Waals surface area contributed by atoms with Gasteiger partial charge in [0.1, 0.15) is 5.75 Å². The van der Waals surface area contributed by atoms with Crippen molar-refractivity contribution >= 4 is 0 Å². The van der Waals surface area contributed by atoms with Crippen molar-refractivity contribution in [2.45, 2.75) is 25.7 Å². The average molecular weight is 214 g/mol. The summed E-state index contributed by atoms with van der Waals surface area (Å²) in [6.45, 7) is 2.50. The molecule has 0 spiro atoms. The minimum absolute atomic E-state index is 0.0576. The molecule has 0 aliphatic carbocycles. The van der Waals surface area contributed by atoms with Crippen molar-refractivity contribution in [1.82, 2.24) is 0 Å². The summed E-state index contributed by atoms with van der Waals surface area (Å²) in [6.07, 6.45) is 0.690. The van der Waals surface area contributed by atoms with Crippen molar-refractivity contribution in [3.8, 4) is 17.9 Å². The summed E-state index contributed by atoms with van der Waals surface area (Å²) in [5.41, 5.74) is 0.951. The molecule has 0 heterocycles. The molecule has 3 heteroatoms. The molecule has 0 saturated heterocycles. The first-order valence-electron chi connectivity index (χ1n) is 5.29. The van der Waals surface area contributed by atoms with Gasteiger partial charge in [-0.15, -0.1) is 0 Å². The molecule has 0 fully saturated rings. The molecule has 1 rings (SSSR count). The van der Waals surface area contributed by atoms with Crippen molar-refractivity contribution in [3.05, 3.63) is 29.8 Å². The van der Waals surface area contributed by atoms with Crippen LogP contribution < -0.4 is 4.74 Å². The maximum atomic E-state index is 8.75. The standard InChI is InChI=1S/C13H14N2O/c1-2-16-13-6-4-3-5-12(13)11(7-9-14)8-10-15/h3-6,11H,2,7-8H2,1H3. The molecule has 0 radical (unpaired) electrons. The molecular weight excluding hydrogens is 200 g/mol. The Morgan fingerprint density at radius 2 is 1.81 bits per heavy atom. The van der Waals surface area contributed by atoms with Gasteiger partial charge in [0.2, 0.25) is 0 Å². The lowest BCUT2D eigenvalue weighted by atomic mass is 9.93. The molecule has 0 aliphatic rings. The zero-order valence-corrected chi connectivity index (χ0v) is 9.31. The fourth-order valence-corrected chi connectivity index (χ4v) is 1.62. The molecule has 0 N–H and O–H groups in total. The number of benzene rings is 1. The van der Waals surface area contributed by atoms with Crippen LogP contribution in [-0.2, 0) is 0 Å². The number of hydrogen-bond donors (Lipinski definition) is 0. The second-order valence-electron chi connectivity index (χ2n) is 3.39. The minimum atomic E-state index is -0.0576. The molecule has 0 aliphatic heterocycles. The monoisotopic (exact) mass is 214 g/mol. The van der Waals surface area contributed by atoms with E-state index in [-0.39, 0.29) is 5.92 Å². The van der Waals surface area contributed by atoms with E-state index in [1.54, 1.807) is 0 Å². The Hall–Kier alpha value is -2.00. The van der Waals surface area contributed by atoms with Crippen molar-refractivity contribution in [3.63, 3.8) is 0 Å². The summed E-state index contributed by atoms with van der Waals surface area (Å²) in [5, 5.41) is 17.5. The summed E-state index contributed by atoms with van der Waals surface area (Å²) in [7, 11) is 0. The van der Waals surface area contributed by atoms with Gasteiger partial charge in [-0.25, -0.2) is 0 Å². The van der Waals surface area contributed by atoms with Crippen LogP contribution in [0.2, 0.25) is 0 Å². The highest BCUT2D eigenvalue weighted by Gasteiger charge is 2.15. The van der Waals surface area contributed by atoms with E-state index >= 15 is 0 Å². The largest absolute Gasteiger partial charge is 0.494 e. The molecule has 0 amide bonds. The first-order valence-corrected chi connectivity index (χ1v) is 5.29. The number of nitriles is 2. The molecule has 0 bridgehead atoms. The van der Waals surface area contributed by atoms with Gasteiger partial charge in [0, 0.05) is 18.8 Å². The van der Waals surface area contributed by atoms with Gasteiger partial charge in [-0.05, 0) is 18.6 Å². The van der Waals surface area contributed by atoms with E-state index in [0.717, 1.165) is 11.3 Å². The third-order valence-corrected chi connectivity index (χ3v) is 2.33. The molecule has 16 heavy (non-hydrogen) atoms. The summed E-state index contributed by atoms with van der Waals surface area (Å²) in [5.74, 6) is 0.721. The molecule has 82 valence electrons. The number of rotatable bonds is 5. The van der Waals surface area contributed by atoms with E-state index < -0.39 is 0 Å². The molecule has 0 aromatic heterocycles. The molecule has 0 atom stereocenters. The number of hydrogen-bond acceptors (Lipinski definition) is 3. The van der Waals surface area contributed by atoms with Crippen LogP contribution in [0.5, 0.6) is 5.75 Å². The van der Waals surface area contributed by atoms with E-state index in [0.29, 0.717) is 19.4 Å². The van der Waals surface area contributed by atoms with Gasteiger partial charge in [0.15, 0.2) is 0 Å². The van der Waals surface area contributed by atoms with Gasteiger partial charge in [0.05, 0.1) is 18.7 Å². The van der Waals surface area contributed by atoms with E-state index in [1.807, 2.05) is 31.2 Å². The lowest BCUT2D eigenvalue weighted by Crippen LogP contribution is -2.02. The van der Waals surface area contributed by atoms with Crippen LogP contribution in [0.25, 0.3) is 0 Å². The van der Waals surface area contributed by atoms with E-state index in [2.05, 4.69) is 12.1 Å². The normalized spacial score (nSPS) is 9.50. The minimum Gasteiger partial charge on any atom is -0.494 e. The van der Waals surface area contributed by atoms with Crippen molar-refractivity contribution in [2.24, 2.45) is 0 Å². The van der Waals surface area contributed by atoms with Gasteiger partial charge in [-0.3, -0.25) is 0 Å². The van der Waals surface area contributed by atoms with E-state index in [9.17, 15) is 0 Å². The van der Waals surface area contributed by atoms with Crippen LogP contribution in [0, 0.1) is 22.7 Å². The Bertz CT molecular complexity index is 399. The predicted molar refractivity (Wildman–Crippen MR) is 60.8 cm³/mol. The highest BCUT2D eigenvalue weighted by molar-refractivity contribution is 5.37. The summed E-state index contributed by atoms with van der Waals surface area (Å²) >= 11 is 0. The molecule has 3 nitrogen and oxygen atoms in total. The number of ether oxygens (including phenoxy) is 1. The van der Waals surface area contributed by atoms with Gasteiger partial charge in [-0.2, -0.15) is 10.5 Å². The molecule has 1 aromatic rings. The van der Waals surface area contributed by atoms with Crippen LogP contribution in [0.15, 0.2) is 24.3 Å². The Morgan fingerprint density at radius 3 is 2.38 bits per heavy atom. The van der Waals surface area contributed by atoms with E-state index in [4.69, 9.17) is 15.3 Å². The lowest BCUT2D eigenvalue weighted by Gasteiger charge is -2.15. The Morgan fingerprint density at radius 1 is 1.19 bits per heavy atom. The first-order chi connectivity index (χ1) is 7.83. The predicted octanol–water partition coefficient (Wildman–Crippen LogP) is 3.00. The van der Waals surface area contributed by atoms with E-state index in [1.165, 1.54) is 0 Å². The summed E-state index contributed by atoms with van der Waals surface area (Å²) < 4.78 is 5.49. The van der Waals surface area contributed by atoms with Crippen molar-refractivity contribution < 1.29 is 4.74 Å². The number of nitrogens with zero attached hydrogens (tertiary/aromatic N) is 2. The van der Waals surface area contributed by atoms with Crippen LogP contribution in [0.1, 0.15) is 31.2 Å². The SMILES string of the molecule is CCOc1ccccc1C(CC#N)CC#N. The van der Waals surface area contributed by atoms with Crippen LogP contribution >= 0.6 is 0 Å². The zero-order valence-electron chi connectivity index (χ0n) is 9.31. The quantitative estimate of drug-likeness (QED) is 0.757. The third-order valence-electron chi connectivity index (χ3n) is 2.33. The van der Waals surface area contributed by atoms with Crippen LogP contribution in [0.4, 0.5) is 0 Å². The lowest BCUT2D eigenvalue weighted by molar-refractivity contribution is 0.334. The van der Waals surface area contributed by atoms with Crippen molar-refractivity contribution in [2.75, 3.05) is 6.61 Å². The zero-order chi connectivity index (χ0) is 11.8. The van der Waals surface area contributed by atoms with Gasteiger partial charge >= 0.3 is 0 Å². The van der Waals surface area contributed by atoms with Crippen LogP contribution in [0.3, 0.4) is 0 Å². The molecule has 0 saturated carbocycles. The molecular formula is C13H14N2O. The fourth-order valence-electron chi connectivity index (χ4n) is 1.62. The summed E-state index contributed by atoms with van der Waals surface area (Å²) in [6, 6.07) is 11.8. The van der Waals surface area contributed by atoms with Crippen molar-refractivity contribution in [1.29, 1.82) is 10.5 Å². The molecule has 1 aromatic carbocycles. The first kappa shape index (κ1) is 12.1. The topological polar surface area (TPSA) is 56.8 Å². The maximum Gasteiger partial charge on any atom is 0.122 e. The Kier molecular flexibility index (Phi) is 4.89. The second kappa shape index (κ2) is 6.48. The fraction of sp³-hybridized carbons (Fsp3) is 0.385. The smallest absolute Gasteiger partial charge is 0.122 e. The maximum absolute atomic E-state index is 8.75. The number of para-hydroxylation sites is 1. The van der Waals surface area contributed by atoms with Gasteiger partial charge in [-0.1, -0.05) is 18.2 Å². The Balaban J connectivity index is 2.99.